The van der Waals surface area contributed by atoms with Crippen LogP contribution in [0.4, 0.5) is 0 Å². The van der Waals surface area contributed by atoms with Crippen LogP contribution in [-0.2, 0) is 11.4 Å². The summed E-state index contributed by atoms with van der Waals surface area (Å²) in [5, 5.41) is 9.72. The molecule has 0 bridgehead atoms. The van der Waals surface area contributed by atoms with Crippen LogP contribution in [0.15, 0.2) is 33.5 Å². The number of hydrogen-bond acceptors (Lipinski definition) is 5. The molecule has 0 aliphatic carbocycles. The van der Waals surface area contributed by atoms with E-state index < -0.39 is 11.6 Å². The van der Waals surface area contributed by atoms with Crippen LogP contribution in [0.5, 0.6) is 5.75 Å². The van der Waals surface area contributed by atoms with Crippen LogP contribution in [0, 0.1) is 0 Å². The van der Waals surface area contributed by atoms with E-state index >= 15 is 0 Å². The van der Waals surface area contributed by atoms with E-state index in [1.165, 1.54) is 19.1 Å². The van der Waals surface area contributed by atoms with Crippen LogP contribution in [-0.4, -0.2) is 11.1 Å². The summed E-state index contributed by atoms with van der Waals surface area (Å²) in [6.45, 7) is 1.03. The minimum absolute atomic E-state index is 0.255. The van der Waals surface area contributed by atoms with Crippen LogP contribution in [0.2, 0.25) is 0 Å². The standard InChI is InChI=1S/C12H10O5/c1-7(14)16-9-2-3-10-8(6-13)4-12(15)17-11(10)5-9/h2-5,13H,6H2,1H3. The lowest BCUT2D eigenvalue weighted by Gasteiger charge is -2.04. The van der Waals surface area contributed by atoms with Crippen molar-refractivity contribution < 1.29 is 19.1 Å². The second kappa shape index (κ2) is 4.39. The van der Waals surface area contributed by atoms with Gasteiger partial charge in [-0.15, -0.1) is 0 Å². The zero-order valence-electron chi connectivity index (χ0n) is 9.10. The minimum atomic E-state index is -0.554. The molecule has 0 fully saturated rings. The van der Waals surface area contributed by atoms with Gasteiger partial charge in [-0.25, -0.2) is 4.79 Å². The van der Waals surface area contributed by atoms with Gasteiger partial charge in [-0.05, 0) is 17.7 Å². The van der Waals surface area contributed by atoms with Crippen LogP contribution in [0.25, 0.3) is 11.0 Å². The fourth-order valence-corrected chi connectivity index (χ4v) is 1.57. The Morgan fingerprint density at radius 2 is 2.18 bits per heavy atom. The number of carbonyl (C=O) groups is 1. The summed E-state index contributed by atoms with van der Waals surface area (Å²) < 4.78 is 9.84. The van der Waals surface area contributed by atoms with Gasteiger partial charge in [0.1, 0.15) is 11.3 Å². The predicted molar refractivity (Wildman–Crippen MR) is 59.7 cm³/mol. The molecular formula is C12H10O5. The molecule has 88 valence electrons. The SMILES string of the molecule is CC(=O)Oc1ccc2c(CO)cc(=O)oc2c1. The molecule has 0 aliphatic rings. The maximum absolute atomic E-state index is 11.2. The maximum atomic E-state index is 11.2. The normalized spacial score (nSPS) is 10.5. The van der Waals surface area contributed by atoms with Gasteiger partial charge in [0.25, 0.3) is 0 Å². The van der Waals surface area contributed by atoms with Crippen molar-refractivity contribution in [3.05, 3.63) is 40.2 Å². The lowest BCUT2D eigenvalue weighted by atomic mass is 10.1. The fourth-order valence-electron chi connectivity index (χ4n) is 1.57. The van der Waals surface area contributed by atoms with Crippen molar-refractivity contribution in [3.8, 4) is 5.75 Å². The third-order valence-corrected chi connectivity index (χ3v) is 2.23. The maximum Gasteiger partial charge on any atom is 0.336 e. The van der Waals surface area contributed by atoms with Crippen LogP contribution < -0.4 is 10.4 Å². The Bertz CT molecular complexity index is 626. The summed E-state index contributed by atoms with van der Waals surface area (Å²) in [4.78, 5) is 22.0. The highest BCUT2D eigenvalue weighted by molar-refractivity contribution is 5.82. The van der Waals surface area contributed by atoms with E-state index in [0.717, 1.165) is 0 Å². The van der Waals surface area contributed by atoms with E-state index in [-0.39, 0.29) is 12.2 Å². The summed E-state index contributed by atoms with van der Waals surface area (Å²) in [5.74, 6) is -0.159. The first-order valence-electron chi connectivity index (χ1n) is 4.96. The highest BCUT2D eigenvalue weighted by atomic mass is 16.5. The highest BCUT2D eigenvalue weighted by Crippen LogP contribution is 2.22. The number of aliphatic hydroxyl groups is 1. The lowest BCUT2D eigenvalue weighted by Crippen LogP contribution is -2.03. The zero-order chi connectivity index (χ0) is 12.4. The van der Waals surface area contributed by atoms with Gasteiger partial charge in [0.05, 0.1) is 6.61 Å². The minimum Gasteiger partial charge on any atom is -0.427 e. The van der Waals surface area contributed by atoms with Crippen LogP contribution in [0.1, 0.15) is 12.5 Å². The molecule has 0 aliphatic heterocycles. The van der Waals surface area contributed by atoms with E-state index in [4.69, 9.17) is 14.3 Å². The molecule has 0 unspecified atom stereocenters. The van der Waals surface area contributed by atoms with Crippen molar-refractivity contribution >= 4 is 16.9 Å². The summed E-state index contributed by atoms with van der Waals surface area (Å²) in [7, 11) is 0. The lowest BCUT2D eigenvalue weighted by molar-refractivity contribution is -0.131. The van der Waals surface area contributed by atoms with E-state index in [0.29, 0.717) is 16.7 Å². The first kappa shape index (κ1) is 11.3. The number of fused-ring (bicyclic) bond motifs is 1. The Hall–Kier alpha value is -2.14. The van der Waals surface area contributed by atoms with Crippen molar-refractivity contribution in [2.24, 2.45) is 0 Å². The Kier molecular flexibility index (Phi) is 2.93. The molecule has 5 nitrogen and oxygen atoms in total. The second-order valence-electron chi connectivity index (χ2n) is 3.50. The largest absolute Gasteiger partial charge is 0.427 e. The molecule has 17 heavy (non-hydrogen) atoms. The molecule has 0 amide bonds. The molecule has 1 heterocycles. The molecule has 1 aromatic carbocycles. The fraction of sp³-hybridized carbons (Fsp3) is 0.167. The highest BCUT2D eigenvalue weighted by Gasteiger charge is 2.07. The predicted octanol–water partition coefficient (Wildman–Crippen LogP) is 1.21. The monoisotopic (exact) mass is 234 g/mol. The van der Waals surface area contributed by atoms with Crippen LogP contribution >= 0.6 is 0 Å². The van der Waals surface area contributed by atoms with E-state index in [2.05, 4.69) is 0 Å². The van der Waals surface area contributed by atoms with Gasteiger partial charge >= 0.3 is 11.6 Å². The van der Waals surface area contributed by atoms with Gasteiger partial charge in [-0.1, -0.05) is 0 Å². The molecule has 1 N–H and O–H groups in total. The second-order valence-corrected chi connectivity index (χ2v) is 3.50. The van der Waals surface area contributed by atoms with E-state index in [1.807, 2.05) is 0 Å². The molecule has 1 aromatic heterocycles. The van der Waals surface area contributed by atoms with Gasteiger partial charge in [0, 0.05) is 24.4 Å². The third-order valence-electron chi connectivity index (χ3n) is 2.23. The quantitative estimate of drug-likeness (QED) is 0.480. The number of aliphatic hydroxyl groups excluding tert-OH is 1. The summed E-state index contributed by atoms with van der Waals surface area (Å²) in [5.41, 5.74) is 0.201. The number of esters is 1. The molecule has 0 saturated heterocycles. The molecule has 2 aromatic rings. The average molecular weight is 234 g/mol. The number of rotatable bonds is 2. The molecule has 5 heteroatoms. The first-order chi connectivity index (χ1) is 8.10. The Labute approximate surface area is 96.2 Å². The first-order valence-corrected chi connectivity index (χ1v) is 4.96. The van der Waals surface area contributed by atoms with E-state index in [9.17, 15) is 9.59 Å². The van der Waals surface area contributed by atoms with Crippen molar-refractivity contribution in [2.45, 2.75) is 13.5 Å². The third kappa shape index (κ3) is 2.34. The van der Waals surface area contributed by atoms with Crippen LogP contribution in [0.3, 0.4) is 0 Å². The van der Waals surface area contributed by atoms with Gasteiger partial charge in [0.2, 0.25) is 0 Å². The average Bonchev–Trinajstić information content (AvgIpc) is 2.26. The van der Waals surface area contributed by atoms with Crippen molar-refractivity contribution in [1.29, 1.82) is 0 Å². The van der Waals surface area contributed by atoms with Gasteiger partial charge in [-0.2, -0.15) is 0 Å². The topological polar surface area (TPSA) is 76.7 Å². The summed E-state index contributed by atoms with van der Waals surface area (Å²) in [6, 6.07) is 5.87. The summed E-state index contributed by atoms with van der Waals surface area (Å²) in [6.07, 6.45) is 0. The van der Waals surface area contributed by atoms with Gasteiger partial charge < -0.3 is 14.3 Å². The zero-order valence-corrected chi connectivity index (χ0v) is 9.10. The molecule has 2 rings (SSSR count). The Morgan fingerprint density at radius 1 is 1.41 bits per heavy atom. The molecule has 0 radical (unpaired) electrons. The Balaban J connectivity index is 2.61. The number of carbonyl (C=O) groups excluding carboxylic acids is 1. The Morgan fingerprint density at radius 3 is 2.82 bits per heavy atom. The van der Waals surface area contributed by atoms with Crippen molar-refractivity contribution in [2.75, 3.05) is 0 Å². The smallest absolute Gasteiger partial charge is 0.336 e. The van der Waals surface area contributed by atoms with Gasteiger partial charge in [0.15, 0.2) is 0 Å². The van der Waals surface area contributed by atoms with Crippen molar-refractivity contribution in [3.63, 3.8) is 0 Å². The number of benzene rings is 1. The summed E-state index contributed by atoms with van der Waals surface area (Å²) >= 11 is 0. The van der Waals surface area contributed by atoms with Crippen molar-refractivity contribution in [1.82, 2.24) is 0 Å². The molecule has 0 saturated carbocycles. The molecular weight excluding hydrogens is 224 g/mol. The molecule has 0 spiro atoms. The van der Waals surface area contributed by atoms with Gasteiger partial charge in [-0.3, -0.25) is 4.79 Å². The number of hydrogen-bond donors (Lipinski definition) is 1. The molecule has 0 atom stereocenters. The number of ether oxygens (including phenoxy) is 1. The van der Waals surface area contributed by atoms with E-state index in [1.54, 1.807) is 12.1 Å².